The zero-order valence-corrected chi connectivity index (χ0v) is 10.5. The van der Waals surface area contributed by atoms with Gasteiger partial charge in [-0.1, -0.05) is 29.8 Å². The Labute approximate surface area is 93.7 Å². The fourth-order valence-corrected chi connectivity index (χ4v) is 1.66. The van der Waals surface area contributed by atoms with Crippen molar-refractivity contribution in [1.29, 1.82) is 0 Å². The number of alkyl halides is 1. The highest BCUT2D eigenvalue weighted by Crippen LogP contribution is 2.15. The van der Waals surface area contributed by atoms with Crippen molar-refractivity contribution in [2.75, 3.05) is 23.8 Å². The molecular formula is C10H16BrN3. The molecule has 0 amide bonds. The quantitative estimate of drug-likeness (QED) is 0.777. The molecule has 0 aliphatic heterocycles. The molecule has 78 valence electrons. The third-order valence-electron chi connectivity index (χ3n) is 2.08. The molecule has 0 aromatic carbocycles. The van der Waals surface area contributed by atoms with E-state index in [4.69, 9.17) is 0 Å². The van der Waals surface area contributed by atoms with Gasteiger partial charge < -0.3 is 4.90 Å². The molecule has 4 heteroatoms. The third kappa shape index (κ3) is 2.94. The number of hydrogen-bond donors (Lipinski definition) is 0. The van der Waals surface area contributed by atoms with Crippen LogP contribution in [0.4, 0.5) is 5.82 Å². The maximum atomic E-state index is 4.23. The molecule has 0 saturated heterocycles. The van der Waals surface area contributed by atoms with E-state index in [-0.39, 0.29) is 0 Å². The monoisotopic (exact) mass is 257 g/mol. The van der Waals surface area contributed by atoms with Gasteiger partial charge in [0.25, 0.3) is 0 Å². The zero-order chi connectivity index (χ0) is 10.6. The first kappa shape index (κ1) is 11.4. The molecule has 1 aromatic heterocycles. The zero-order valence-electron chi connectivity index (χ0n) is 8.87. The van der Waals surface area contributed by atoms with Crippen LogP contribution in [0, 0.1) is 0 Å². The number of anilines is 1. The molecule has 0 atom stereocenters. The summed E-state index contributed by atoms with van der Waals surface area (Å²) in [6.45, 7) is 5.22. The Hall–Kier alpha value is -0.640. The molecule has 0 aliphatic carbocycles. The van der Waals surface area contributed by atoms with Gasteiger partial charge in [0.05, 0.1) is 0 Å². The van der Waals surface area contributed by atoms with Crippen molar-refractivity contribution in [2.45, 2.75) is 19.8 Å². The van der Waals surface area contributed by atoms with E-state index in [0.717, 1.165) is 23.4 Å². The summed E-state index contributed by atoms with van der Waals surface area (Å²) in [5, 5.41) is 0.949. The number of rotatable bonds is 4. The van der Waals surface area contributed by atoms with E-state index in [1.165, 1.54) is 0 Å². The first-order chi connectivity index (χ1) is 6.65. The normalized spacial score (nSPS) is 10.6. The molecule has 3 nitrogen and oxygen atoms in total. The summed E-state index contributed by atoms with van der Waals surface area (Å²) in [5.41, 5.74) is 1.09. The molecule has 0 bridgehead atoms. The van der Waals surface area contributed by atoms with Gasteiger partial charge in [-0.15, -0.1) is 0 Å². The fourth-order valence-electron chi connectivity index (χ4n) is 1.13. The topological polar surface area (TPSA) is 29.0 Å². The Morgan fingerprint density at radius 2 is 2.14 bits per heavy atom. The number of nitrogens with zero attached hydrogens (tertiary/aromatic N) is 3. The van der Waals surface area contributed by atoms with Crippen LogP contribution in [-0.4, -0.2) is 28.9 Å². The molecule has 1 aromatic rings. The van der Waals surface area contributed by atoms with Gasteiger partial charge in [-0.3, -0.25) is 0 Å². The second kappa shape index (κ2) is 5.29. The van der Waals surface area contributed by atoms with Crippen LogP contribution in [0.25, 0.3) is 0 Å². The minimum atomic E-state index is 0.453. The minimum absolute atomic E-state index is 0.453. The van der Waals surface area contributed by atoms with Gasteiger partial charge in [0.2, 0.25) is 0 Å². The standard InChI is InChI=1S/C10H16BrN3/c1-8(2)9-6-10(13-7-12-9)14(3)5-4-11/h6-8H,4-5H2,1-3H3. The SMILES string of the molecule is CC(C)c1cc(N(C)CCBr)ncn1. The predicted octanol–water partition coefficient (Wildman–Crippen LogP) is 2.43. The summed E-state index contributed by atoms with van der Waals surface area (Å²) in [6, 6.07) is 2.05. The number of halogens is 1. The van der Waals surface area contributed by atoms with E-state index in [9.17, 15) is 0 Å². The van der Waals surface area contributed by atoms with E-state index in [1.807, 2.05) is 13.1 Å². The number of aromatic nitrogens is 2. The molecule has 1 heterocycles. The largest absolute Gasteiger partial charge is 0.359 e. The lowest BCUT2D eigenvalue weighted by atomic mass is 10.1. The average Bonchev–Trinajstić information content (AvgIpc) is 2.18. The number of hydrogen-bond acceptors (Lipinski definition) is 3. The third-order valence-corrected chi connectivity index (χ3v) is 2.43. The first-order valence-corrected chi connectivity index (χ1v) is 5.86. The second-order valence-electron chi connectivity index (χ2n) is 3.57. The van der Waals surface area contributed by atoms with Crippen LogP contribution in [0.3, 0.4) is 0 Å². The molecule has 0 radical (unpaired) electrons. The summed E-state index contributed by atoms with van der Waals surface area (Å²) in [5.74, 6) is 1.44. The molecule has 0 fully saturated rings. The van der Waals surface area contributed by atoms with Crippen LogP contribution in [0.5, 0.6) is 0 Å². The molecule has 0 aliphatic rings. The van der Waals surface area contributed by atoms with E-state index >= 15 is 0 Å². The van der Waals surface area contributed by atoms with Gasteiger partial charge in [0.15, 0.2) is 0 Å². The van der Waals surface area contributed by atoms with E-state index in [2.05, 4.69) is 44.6 Å². The van der Waals surface area contributed by atoms with Crippen molar-refractivity contribution in [3.63, 3.8) is 0 Å². The molecule has 0 unspecified atom stereocenters. The van der Waals surface area contributed by atoms with E-state index < -0.39 is 0 Å². The van der Waals surface area contributed by atoms with Crippen molar-refractivity contribution in [2.24, 2.45) is 0 Å². The molecule has 0 saturated carbocycles. The minimum Gasteiger partial charge on any atom is -0.359 e. The molecule has 1 rings (SSSR count). The molecular weight excluding hydrogens is 242 g/mol. The summed E-state index contributed by atoms with van der Waals surface area (Å²) >= 11 is 3.41. The van der Waals surface area contributed by atoms with Crippen LogP contribution in [-0.2, 0) is 0 Å². The lowest BCUT2D eigenvalue weighted by Crippen LogP contribution is -2.20. The molecule has 14 heavy (non-hydrogen) atoms. The van der Waals surface area contributed by atoms with Crippen LogP contribution in [0.1, 0.15) is 25.5 Å². The lowest BCUT2D eigenvalue weighted by molar-refractivity contribution is 0.807. The summed E-state index contributed by atoms with van der Waals surface area (Å²) in [6.07, 6.45) is 1.63. The highest BCUT2D eigenvalue weighted by atomic mass is 79.9. The average molecular weight is 258 g/mol. The van der Waals surface area contributed by atoms with Crippen molar-refractivity contribution < 1.29 is 0 Å². The maximum Gasteiger partial charge on any atom is 0.131 e. The lowest BCUT2D eigenvalue weighted by Gasteiger charge is -2.17. The Bertz CT molecular complexity index is 288. The van der Waals surface area contributed by atoms with E-state index in [0.29, 0.717) is 5.92 Å². The Morgan fingerprint density at radius 3 is 2.71 bits per heavy atom. The first-order valence-electron chi connectivity index (χ1n) is 4.74. The summed E-state index contributed by atoms with van der Waals surface area (Å²) in [7, 11) is 2.04. The Kier molecular flexibility index (Phi) is 4.32. The second-order valence-corrected chi connectivity index (χ2v) is 4.36. The highest BCUT2D eigenvalue weighted by Gasteiger charge is 2.05. The van der Waals surface area contributed by atoms with Crippen molar-refractivity contribution >= 4 is 21.7 Å². The van der Waals surface area contributed by atoms with Crippen molar-refractivity contribution in [1.82, 2.24) is 9.97 Å². The van der Waals surface area contributed by atoms with Crippen LogP contribution < -0.4 is 4.90 Å². The van der Waals surface area contributed by atoms with Gasteiger partial charge in [-0.25, -0.2) is 9.97 Å². The summed E-state index contributed by atoms with van der Waals surface area (Å²) < 4.78 is 0. The van der Waals surface area contributed by atoms with Gasteiger partial charge >= 0.3 is 0 Å². The van der Waals surface area contributed by atoms with Gasteiger partial charge in [0, 0.05) is 30.7 Å². The molecule has 0 N–H and O–H groups in total. The molecule has 0 spiro atoms. The fraction of sp³-hybridized carbons (Fsp3) is 0.600. The predicted molar refractivity (Wildman–Crippen MR) is 63.2 cm³/mol. The van der Waals surface area contributed by atoms with Gasteiger partial charge in [-0.2, -0.15) is 0 Å². The van der Waals surface area contributed by atoms with Crippen LogP contribution >= 0.6 is 15.9 Å². The Morgan fingerprint density at radius 1 is 1.43 bits per heavy atom. The summed E-state index contributed by atoms with van der Waals surface area (Å²) in [4.78, 5) is 10.6. The van der Waals surface area contributed by atoms with Crippen LogP contribution in [0.15, 0.2) is 12.4 Å². The van der Waals surface area contributed by atoms with Crippen LogP contribution in [0.2, 0.25) is 0 Å². The van der Waals surface area contributed by atoms with Gasteiger partial charge in [0.1, 0.15) is 12.1 Å². The van der Waals surface area contributed by atoms with Gasteiger partial charge in [-0.05, 0) is 5.92 Å². The van der Waals surface area contributed by atoms with Crippen molar-refractivity contribution in [3.05, 3.63) is 18.1 Å². The van der Waals surface area contributed by atoms with E-state index in [1.54, 1.807) is 6.33 Å². The highest BCUT2D eigenvalue weighted by molar-refractivity contribution is 9.09. The Balaban J connectivity index is 2.82. The maximum absolute atomic E-state index is 4.23. The van der Waals surface area contributed by atoms with Crippen molar-refractivity contribution in [3.8, 4) is 0 Å². The smallest absolute Gasteiger partial charge is 0.131 e.